The summed E-state index contributed by atoms with van der Waals surface area (Å²) in [6, 6.07) is 12.2. The zero-order chi connectivity index (χ0) is 25.0. The van der Waals surface area contributed by atoms with Gasteiger partial charge in [-0.2, -0.15) is 0 Å². The number of hydrogen-bond donors (Lipinski definition) is 2. The average molecular weight is 522 g/mol. The number of nitrogens with one attached hydrogen (secondary N) is 2. The Bertz CT molecular complexity index is 1350. The molecule has 0 spiro atoms. The number of aryl methyl sites for hydroxylation is 2. The van der Waals surface area contributed by atoms with Gasteiger partial charge in [0, 0.05) is 11.9 Å². The van der Waals surface area contributed by atoms with Crippen molar-refractivity contribution in [2.24, 2.45) is 0 Å². The Labute approximate surface area is 207 Å². The van der Waals surface area contributed by atoms with Crippen molar-refractivity contribution in [3.05, 3.63) is 81.5 Å². The first-order valence-electron chi connectivity index (χ1n) is 9.99. The maximum atomic E-state index is 12.7. The molecule has 0 unspecified atom stereocenters. The van der Waals surface area contributed by atoms with Crippen molar-refractivity contribution in [1.29, 1.82) is 0 Å². The lowest BCUT2D eigenvalue weighted by molar-refractivity contribution is -0.123. The molecular weight excluding hydrogens is 501 g/mol. The average Bonchev–Trinajstić information content (AvgIpc) is 2.77. The zero-order valence-corrected chi connectivity index (χ0v) is 20.8. The number of carbonyl (C=O) groups is 2. The van der Waals surface area contributed by atoms with Crippen LogP contribution in [0, 0.1) is 13.8 Å². The number of amides is 1. The summed E-state index contributed by atoms with van der Waals surface area (Å²) in [5, 5.41) is 2.90. The van der Waals surface area contributed by atoms with E-state index in [4.69, 9.17) is 27.9 Å². The Kier molecular flexibility index (Phi) is 7.81. The van der Waals surface area contributed by atoms with Gasteiger partial charge in [-0.25, -0.2) is 18.2 Å². The van der Waals surface area contributed by atoms with Gasteiger partial charge in [0.25, 0.3) is 15.9 Å². The monoisotopic (exact) mass is 521 g/mol. The van der Waals surface area contributed by atoms with Crippen LogP contribution in [0.4, 0.5) is 11.5 Å². The van der Waals surface area contributed by atoms with Gasteiger partial charge in [-0.15, -0.1) is 0 Å². The van der Waals surface area contributed by atoms with E-state index in [1.165, 1.54) is 43.5 Å². The van der Waals surface area contributed by atoms with Gasteiger partial charge in [-0.05, 0) is 68.3 Å². The van der Waals surface area contributed by atoms with Crippen LogP contribution < -0.4 is 10.0 Å². The molecule has 11 heteroatoms. The molecule has 0 bridgehead atoms. The van der Waals surface area contributed by atoms with Crippen LogP contribution in [0.15, 0.2) is 59.6 Å². The molecule has 0 saturated carbocycles. The first kappa shape index (κ1) is 25.5. The molecule has 3 rings (SSSR count). The minimum Gasteiger partial charge on any atom is -0.449 e. The normalized spacial score (nSPS) is 12.0. The second-order valence-corrected chi connectivity index (χ2v) is 9.97. The number of rotatable bonds is 7. The molecule has 1 heterocycles. The second-order valence-electron chi connectivity index (χ2n) is 7.47. The van der Waals surface area contributed by atoms with Gasteiger partial charge in [0.2, 0.25) is 0 Å². The van der Waals surface area contributed by atoms with Crippen LogP contribution in [-0.2, 0) is 19.6 Å². The molecule has 2 N–H and O–H groups in total. The molecule has 0 fully saturated rings. The Morgan fingerprint density at radius 3 is 2.35 bits per heavy atom. The number of pyridine rings is 1. The van der Waals surface area contributed by atoms with E-state index in [2.05, 4.69) is 15.0 Å². The van der Waals surface area contributed by atoms with Crippen LogP contribution in [-0.4, -0.2) is 31.4 Å². The van der Waals surface area contributed by atoms with Crippen LogP contribution in [0.2, 0.25) is 10.0 Å². The van der Waals surface area contributed by atoms with E-state index < -0.39 is 28.0 Å². The minimum absolute atomic E-state index is 0.0828. The molecule has 0 saturated heterocycles. The van der Waals surface area contributed by atoms with Crippen LogP contribution in [0.5, 0.6) is 0 Å². The Morgan fingerprint density at radius 1 is 1.03 bits per heavy atom. The number of sulfonamides is 1. The molecule has 8 nitrogen and oxygen atoms in total. The minimum atomic E-state index is -3.81. The van der Waals surface area contributed by atoms with Gasteiger partial charge in [0.05, 0.1) is 20.5 Å². The highest BCUT2D eigenvalue weighted by atomic mass is 35.5. The summed E-state index contributed by atoms with van der Waals surface area (Å²) >= 11 is 11.8. The van der Waals surface area contributed by atoms with Crippen LogP contribution in [0.25, 0.3) is 0 Å². The van der Waals surface area contributed by atoms with E-state index in [0.29, 0.717) is 10.6 Å². The maximum Gasteiger partial charge on any atom is 0.338 e. The van der Waals surface area contributed by atoms with Gasteiger partial charge >= 0.3 is 5.97 Å². The fraction of sp³-hybridized carbons (Fsp3) is 0.174. The van der Waals surface area contributed by atoms with Crippen molar-refractivity contribution in [2.75, 3.05) is 10.0 Å². The Hall–Kier alpha value is -3.14. The van der Waals surface area contributed by atoms with Crippen LogP contribution in [0.3, 0.4) is 0 Å². The van der Waals surface area contributed by atoms with Crippen molar-refractivity contribution < 1.29 is 22.7 Å². The molecular formula is C23H21Cl2N3O5S. The first-order chi connectivity index (χ1) is 16.0. The summed E-state index contributed by atoms with van der Waals surface area (Å²) in [5.74, 6) is -1.32. The highest BCUT2D eigenvalue weighted by Gasteiger charge is 2.21. The first-order valence-corrected chi connectivity index (χ1v) is 12.2. The lowest BCUT2D eigenvalue weighted by atomic mass is 10.2. The van der Waals surface area contributed by atoms with Gasteiger partial charge in [-0.1, -0.05) is 35.3 Å². The number of ether oxygens (including phenoxy) is 1. The van der Waals surface area contributed by atoms with Gasteiger partial charge in [0.15, 0.2) is 11.9 Å². The quantitative estimate of drug-likeness (QED) is 0.423. The SMILES string of the molecule is Cc1ccc(C)c(S(=O)(=O)Nc2ccc(C(=O)O[C@@H](C)C(=O)Nc3ncc(Cl)cc3Cl)cc2)c1. The number of benzene rings is 2. The Morgan fingerprint density at radius 2 is 1.71 bits per heavy atom. The summed E-state index contributed by atoms with van der Waals surface area (Å²) in [6.07, 6.45) is 0.166. The Balaban J connectivity index is 1.64. The van der Waals surface area contributed by atoms with Crippen molar-refractivity contribution >= 4 is 56.6 Å². The van der Waals surface area contributed by atoms with E-state index >= 15 is 0 Å². The summed E-state index contributed by atoms with van der Waals surface area (Å²) in [7, 11) is -3.81. The number of hydrogen-bond acceptors (Lipinski definition) is 6. The lowest BCUT2D eigenvalue weighted by Crippen LogP contribution is -2.30. The van der Waals surface area contributed by atoms with Crippen LogP contribution in [0.1, 0.15) is 28.4 Å². The smallest absolute Gasteiger partial charge is 0.338 e. The van der Waals surface area contributed by atoms with Crippen molar-refractivity contribution in [2.45, 2.75) is 31.8 Å². The molecule has 1 aromatic heterocycles. The standard InChI is InChI=1S/C23H21Cl2N3O5S/c1-13-4-5-14(2)20(10-13)34(31,32)28-18-8-6-16(7-9-18)23(30)33-15(3)22(29)27-21-19(25)11-17(24)12-26-21/h4-12,15,28H,1-3H3,(H,26,27,29)/t15-/m0/s1. The lowest BCUT2D eigenvalue weighted by Gasteiger charge is -2.14. The molecule has 1 atom stereocenters. The highest BCUT2D eigenvalue weighted by molar-refractivity contribution is 7.92. The maximum absolute atomic E-state index is 12.7. The number of anilines is 2. The molecule has 0 aliphatic heterocycles. The molecule has 3 aromatic rings. The van der Waals surface area contributed by atoms with Gasteiger partial charge in [-0.3, -0.25) is 9.52 Å². The summed E-state index contributed by atoms with van der Waals surface area (Å²) < 4.78 is 33.2. The van der Waals surface area contributed by atoms with Crippen molar-refractivity contribution in [1.82, 2.24) is 4.98 Å². The summed E-state index contributed by atoms with van der Waals surface area (Å²) in [5.41, 5.74) is 1.83. The third-order valence-corrected chi connectivity index (χ3v) is 6.73. The second kappa shape index (κ2) is 10.4. The van der Waals surface area contributed by atoms with Crippen molar-refractivity contribution in [3.63, 3.8) is 0 Å². The molecule has 34 heavy (non-hydrogen) atoms. The fourth-order valence-corrected chi connectivity index (χ4v) is 4.70. The zero-order valence-electron chi connectivity index (χ0n) is 18.4. The van der Waals surface area contributed by atoms with E-state index in [1.54, 1.807) is 26.0 Å². The van der Waals surface area contributed by atoms with E-state index in [1.807, 2.05) is 6.07 Å². The molecule has 2 aromatic carbocycles. The molecule has 0 aliphatic rings. The number of aromatic nitrogens is 1. The summed E-state index contributed by atoms with van der Waals surface area (Å²) in [6.45, 7) is 4.91. The third kappa shape index (κ3) is 6.25. The predicted octanol–water partition coefficient (Wildman–Crippen LogP) is 4.99. The molecule has 1 amide bonds. The summed E-state index contributed by atoms with van der Waals surface area (Å²) in [4.78, 5) is 28.8. The van der Waals surface area contributed by atoms with E-state index in [0.717, 1.165) is 5.56 Å². The van der Waals surface area contributed by atoms with E-state index in [9.17, 15) is 18.0 Å². The van der Waals surface area contributed by atoms with E-state index in [-0.39, 0.29) is 27.0 Å². The number of nitrogens with zero attached hydrogens (tertiary/aromatic N) is 1. The third-order valence-electron chi connectivity index (χ3n) is 4.71. The number of carbonyl (C=O) groups excluding carboxylic acids is 2. The van der Waals surface area contributed by atoms with Crippen LogP contribution >= 0.6 is 23.2 Å². The van der Waals surface area contributed by atoms with Gasteiger partial charge in [0.1, 0.15) is 0 Å². The fourth-order valence-electron chi connectivity index (χ4n) is 2.89. The highest BCUT2D eigenvalue weighted by Crippen LogP contribution is 2.23. The predicted molar refractivity (Wildman–Crippen MR) is 131 cm³/mol. The number of esters is 1. The van der Waals surface area contributed by atoms with Crippen molar-refractivity contribution in [3.8, 4) is 0 Å². The van der Waals surface area contributed by atoms with Gasteiger partial charge < -0.3 is 10.1 Å². The largest absolute Gasteiger partial charge is 0.449 e. The molecule has 0 aliphatic carbocycles. The molecule has 178 valence electrons. The number of halogens is 2. The molecule has 0 radical (unpaired) electrons. The topological polar surface area (TPSA) is 114 Å².